The van der Waals surface area contributed by atoms with Gasteiger partial charge in [-0.3, -0.25) is 0 Å². The molecule has 0 aliphatic heterocycles. The SMILES string of the molecule is CC[C@H](c1ccc(O)c(C)c1)[C@H](CC)c1ccc(O)c(C)c1. The Morgan fingerprint density at radius 1 is 0.727 bits per heavy atom. The molecule has 2 heteroatoms. The Labute approximate surface area is 133 Å². The smallest absolute Gasteiger partial charge is 0.118 e. The molecule has 0 spiro atoms. The molecule has 0 fully saturated rings. The van der Waals surface area contributed by atoms with Crippen molar-refractivity contribution in [3.63, 3.8) is 0 Å². The van der Waals surface area contributed by atoms with Crippen LogP contribution in [-0.2, 0) is 0 Å². The van der Waals surface area contributed by atoms with Crippen LogP contribution in [0.15, 0.2) is 36.4 Å². The van der Waals surface area contributed by atoms with Crippen LogP contribution in [0.3, 0.4) is 0 Å². The molecule has 2 nitrogen and oxygen atoms in total. The van der Waals surface area contributed by atoms with Gasteiger partial charge in [0, 0.05) is 0 Å². The number of aromatic hydroxyl groups is 2. The number of benzene rings is 2. The molecule has 0 saturated carbocycles. The molecule has 2 N–H and O–H groups in total. The van der Waals surface area contributed by atoms with E-state index in [2.05, 4.69) is 26.0 Å². The number of phenolic OH excluding ortho intramolecular Hbond substituents is 2. The second kappa shape index (κ2) is 6.87. The lowest BCUT2D eigenvalue weighted by Crippen LogP contribution is -2.10. The number of rotatable bonds is 5. The van der Waals surface area contributed by atoms with E-state index in [9.17, 15) is 10.2 Å². The Kier molecular flexibility index (Phi) is 5.12. The summed E-state index contributed by atoms with van der Waals surface area (Å²) in [6.45, 7) is 8.31. The summed E-state index contributed by atoms with van der Waals surface area (Å²) in [7, 11) is 0. The van der Waals surface area contributed by atoms with Crippen molar-refractivity contribution in [3.05, 3.63) is 58.7 Å². The maximum absolute atomic E-state index is 9.75. The molecule has 0 radical (unpaired) electrons. The van der Waals surface area contributed by atoms with Gasteiger partial charge in [-0.1, -0.05) is 38.1 Å². The van der Waals surface area contributed by atoms with Crippen LogP contribution >= 0.6 is 0 Å². The summed E-state index contributed by atoms with van der Waals surface area (Å²) in [5.41, 5.74) is 4.39. The van der Waals surface area contributed by atoms with Crippen LogP contribution in [0.1, 0.15) is 60.8 Å². The van der Waals surface area contributed by atoms with Crippen molar-refractivity contribution in [2.75, 3.05) is 0 Å². The largest absolute Gasteiger partial charge is 0.508 e. The van der Waals surface area contributed by atoms with E-state index in [0.717, 1.165) is 24.0 Å². The van der Waals surface area contributed by atoms with E-state index in [0.29, 0.717) is 23.3 Å². The van der Waals surface area contributed by atoms with Crippen molar-refractivity contribution < 1.29 is 10.2 Å². The van der Waals surface area contributed by atoms with Crippen molar-refractivity contribution >= 4 is 0 Å². The summed E-state index contributed by atoms with van der Waals surface area (Å²) in [4.78, 5) is 0. The van der Waals surface area contributed by atoms with Gasteiger partial charge in [0.1, 0.15) is 11.5 Å². The topological polar surface area (TPSA) is 40.5 Å². The first kappa shape index (κ1) is 16.4. The fourth-order valence-corrected chi connectivity index (χ4v) is 3.32. The van der Waals surface area contributed by atoms with E-state index in [1.165, 1.54) is 11.1 Å². The summed E-state index contributed by atoms with van der Waals surface area (Å²) in [5, 5.41) is 19.5. The lowest BCUT2D eigenvalue weighted by Gasteiger charge is -2.27. The second-order valence-corrected chi connectivity index (χ2v) is 6.12. The van der Waals surface area contributed by atoms with E-state index in [1.807, 2.05) is 26.0 Å². The van der Waals surface area contributed by atoms with Crippen LogP contribution in [0.25, 0.3) is 0 Å². The molecule has 0 aliphatic carbocycles. The predicted octanol–water partition coefficient (Wildman–Crippen LogP) is 5.40. The number of hydrogen-bond donors (Lipinski definition) is 2. The van der Waals surface area contributed by atoms with Gasteiger partial charge in [0.15, 0.2) is 0 Å². The lowest BCUT2D eigenvalue weighted by atomic mass is 9.77. The minimum Gasteiger partial charge on any atom is -0.508 e. The summed E-state index contributed by atoms with van der Waals surface area (Å²) in [6, 6.07) is 11.8. The molecule has 22 heavy (non-hydrogen) atoms. The first-order chi connectivity index (χ1) is 10.5. The van der Waals surface area contributed by atoms with Gasteiger partial charge in [0.05, 0.1) is 0 Å². The first-order valence-electron chi connectivity index (χ1n) is 8.06. The Hall–Kier alpha value is -1.96. The van der Waals surface area contributed by atoms with Gasteiger partial charge in [0.25, 0.3) is 0 Å². The Bertz CT molecular complexity index is 589. The molecule has 0 bridgehead atoms. The fraction of sp³-hybridized carbons (Fsp3) is 0.400. The zero-order valence-electron chi connectivity index (χ0n) is 13.9. The van der Waals surface area contributed by atoms with Gasteiger partial charge in [-0.15, -0.1) is 0 Å². The molecule has 0 aromatic heterocycles. The van der Waals surface area contributed by atoms with Crippen LogP contribution < -0.4 is 0 Å². The van der Waals surface area contributed by atoms with Crippen molar-refractivity contribution in [1.29, 1.82) is 0 Å². The summed E-state index contributed by atoms with van der Waals surface area (Å²) < 4.78 is 0. The predicted molar refractivity (Wildman–Crippen MR) is 91.8 cm³/mol. The standard InChI is InChI=1S/C20H26O2/c1-5-17(15-7-9-19(21)13(3)11-15)18(6-2)16-8-10-20(22)14(4)12-16/h7-12,17-18,21-22H,5-6H2,1-4H3/t17-,18-/m1/s1. The van der Waals surface area contributed by atoms with Crippen LogP contribution in [0, 0.1) is 13.8 Å². The molecule has 0 unspecified atom stereocenters. The third kappa shape index (κ3) is 3.27. The van der Waals surface area contributed by atoms with Crippen LogP contribution in [0.5, 0.6) is 11.5 Å². The van der Waals surface area contributed by atoms with Crippen molar-refractivity contribution in [3.8, 4) is 11.5 Å². The molecule has 2 rings (SSSR count). The van der Waals surface area contributed by atoms with Gasteiger partial charge in [-0.25, -0.2) is 0 Å². The number of hydrogen-bond acceptors (Lipinski definition) is 2. The Morgan fingerprint density at radius 2 is 1.09 bits per heavy atom. The number of aryl methyl sites for hydroxylation is 2. The van der Waals surface area contributed by atoms with Gasteiger partial charge in [0.2, 0.25) is 0 Å². The van der Waals surface area contributed by atoms with E-state index < -0.39 is 0 Å². The van der Waals surface area contributed by atoms with Crippen molar-refractivity contribution in [2.24, 2.45) is 0 Å². The molecule has 2 aromatic carbocycles. The highest BCUT2D eigenvalue weighted by molar-refractivity contribution is 5.40. The average molecular weight is 298 g/mol. The maximum Gasteiger partial charge on any atom is 0.118 e. The summed E-state index contributed by atoms with van der Waals surface area (Å²) in [5.74, 6) is 1.53. The van der Waals surface area contributed by atoms with Crippen molar-refractivity contribution in [1.82, 2.24) is 0 Å². The highest BCUT2D eigenvalue weighted by Crippen LogP contribution is 2.39. The van der Waals surface area contributed by atoms with Gasteiger partial charge in [-0.2, -0.15) is 0 Å². The minimum absolute atomic E-state index is 0.354. The monoisotopic (exact) mass is 298 g/mol. The Morgan fingerprint density at radius 3 is 1.36 bits per heavy atom. The van der Waals surface area contributed by atoms with E-state index in [1.54, 1.807) is 12.1 Å². The molecule has 0 aliphatic rings. The second-order valence-electron chi connectivity index (χ2n) is 6.12. The van der Waals surface area contributed by atoms with Crippen LogP contribution in [0.2, 0.25) is 0 Å². The van der Waals surface area contributed by atoms with Crippen LogP contribution in [0.4, 0.5) is 0 Å². The van der Waals surface area contributed by atoms with Gasteiger partial charge >= 0.3 is 0 Å². The zero-order chi connectivity index (χ0) is 16.3. The normalized spacial score (nSPS) is 13.8. The first-order valence-corrected chi connectivity index (χ1v) is 8.06. The van der Waals surface area contributed by atoms with Gasteiger partial charge < -0.3 is 10.2 Å². The third-order valence-corrected chi connectivity index (χ3v) is 4.66. The van der Waals surface area contributed by atoms with Crippen LogP contribution in [-0.4, -0.2) is 10.2 Å². The molecular formula is C20H26O2. The molecule has 0 amide bonds. The average Bonchev–Trinajstić information content (AvgIpc) is 2.50. The fourth-order valence-electron chi connectivity index (χ4n) is 3.32. The zero-order valence-corrected chi connectivity index (χ0v) is 13.9. The Balaban J connectivity index is 2.41. The molecule has 0 saturated heterocycles. The maximum atomic E-state index is 9.75. The van der Waals surface area contributed by atoms with Gasteiger partial charge in [-0.05, 0) is 72.9 Å². The molecular weight excluding hydrogens is 272 g/mol. The quantitative estimate of drug-likeness (QED) is 0.775. The van der Waals surface area contributed by atoms with E-state index in [-0.39, 0.29) is 0 Å². The highest BCUT2D eigenvalue weighted by Gasteiger charge is 2.23. The molecule has 118 valence electrons. The van der Waals surface area contributed by atoms with E-state index >= 15 is 0 Å². The molecule has 0 heterocycles. The molecule has 2 aromatic rings. The summed E-state index contributed by atoms with van der Waals surface area (Å²) in [6.07, 6.45) is 2.09. The minimum atomic E-state index is 0.354. The molecule has 2 atom stereocenters. The lowest BCUT2D eigenvalue weighted by molar-refractivity contribution is 0.465. The summed E-state index contributed by atoms with van der Waals surface area (Å²) >= 11 is 0. The highest BCUT2D eigenvalue weighted by atomic mass is 16.3. The number of phenols is 2. The van der Waals surface area contributed by atoms with E-state index in [4.69, 9.17) is 0 Å². The van der Waals surface area contributed by atoms with Crippen molar-refractivity contribution in [2.45, 2.75) is 52.4 Å². The third-order valence-electron chi connectivity index (χ3n) is 4.66.